The van der Waals surface area contributed by atoms with E-state index in [9.17, 15) is 9.59 Å². The molecule has 24 heavy (non-hydrogen) atoms. The molecule has 1 atom stereocenters. The SMILES string of the molecule is COc1cccc([C@H]2CCCCN2C(=O)Cn2ccccc2=O)c1. The number of hydrogen-bond donors (Lipinski definition) is 0. The van der Waals surface area contributed by atoms with Crippen molar-refractivity contribution < 1.29 is 9.53 Å². The van der Waals surface area contributed by atoms with Crippen LogP contribution < -0.4 is 10.3 Å². The number of ether oxygens (including phenoxy) is 1. The molecule has 1 aliphatic heterocycles. The zero-order valence-electron chi connectivity index (χ0n) is 13.9. The molecule has 0 bridgehead atoms. The van der Waals surface area contributed by atoms with E-state index in [1.165, 1.54) is 10.6 Å². The Kier molecular flexibility index (Phi) is 4.99. The first kappa shape index (κ1) is 16.3. The lowest BCUT2D eigenvalue weighted by Crippen LogP contribution is -2.41. The van der Waals surface area contributed by atoms with E-state index in [-0.39, 0.29) is 24.1 Å². The van der Waals surface area contributed by atoms with Crippen molar-refractivity contribution in [2.45, 2.75) is 31.8 Å². The van der Waals surface area contributed by atoms with Crippen LogP contribution in [0.4, 0.5) is 0 Å². The molecule has 2 heterocycles. The minimum atomic E-state index is -0.152. The number of likely N-dealkylation sites (tertiary alicyclic amines) is 1. The van der Waals surface area contributed by atoms with Crippen molar-refractivity contribution >= 4 is 5.91 Å². The number of hydrogen-bond acceptors (Lipinski definition) is 3. The number of rotatable bonds is 4. The summed E-state index contributed by atoms with van der Waals surface area (Å²) in [5.74, 6) is 0.778. The molecule has 5 nitrogen and oxygen atoms in total. The van der Waals surface area contributed by atoms with E-state index in [4.69, 9.17) is 4.74 Å². The Morgan fingerprint density at radius 1 is 1.21 bits per heavy atom. The van der Waals surface area contributed by atoms with Gasteiger partial charge in [0, 0.05) is 18.8 Å². The number of amides is 1. The quantitative estimate of drug-likeness (QED) is 0.868. The summed E-state index contributed by atoms with van der Waals surface area (Å²) in [7, 11) is 1.64. The van der Waals surface area contributed by atoms with Crippen molar-refractivity contribution in [2.24, 2.45) is 0 Å². The predicted octanol–water partition coefficient (Wildman–Crippen LogP) is 2.61. The van der Waals surface area contributed by atoms with E-state index in [1.807, 2.05) is 29.2 Å². The summed E-state index contributed by atoms with van der Waals surface area (Å²) in [5, 5.41) is 0. The Hall–Kier alpha value is -2.56. The fourth-order valence-corrected chi connectivity index (χ4v) is 3.25. The lowest BCUT2D eigenvalue weighted by molar-refractivity contribution is -0.135. The minimum Gasteiger partial charge on any atom is -0.497 e. The highest BCUT2D eigenvalue weighted by Crippen LogP contribution is 2.32. The van der Waals surface area contributed by atoms with Crippen LogP contribution in [0, 0.1) is 0 Å². The van der Waals surface area contributed by atoms with Crippen molar-refractivity contribution in [3.05, 3.63) is 64.6 Å². The number of benzene rings is 1. The highest BCUT2D eigenvalue weighted by Gasteiger charge is 2.28. The third-order valence-electron chi connectivity index (χ3n) is 4.51. The first-order chi connectivity index (χ1) is 11.7. The van der Waals surface area contributed by atoms with Crippen LogP contribution in [-0.2, 0) is 11.3 Å². The van der Waals surface area contributed by atoms with E-state index in [2.05, 4.69) is 0 Å². The molecule has 1 aromatic heterocycles. The highest BCUT2D eigenvalue weighted by molar-refractivity contribution is 5.76. The number of carbonyl (C=O) groups excluding carboxylic acids is 1. The molecule has 0 aliphatic carbocycles. The molecule has 0 spiro atoms. The first-order valence-electron chi connectivity index (χ1n) is 8.28. The summed E-state index contributed by atoms with van der Waals surface area (Å²) in [4.78, 5) is 26.5. The summed E-state index contributed by atoms with van der Waals surface area (Å²) in [6, 6.07) is 12.9. The molecule has 0 radical (unpaired) electrons. The second-order valence-electron chi connectivity index (χ2n) is 6.04. The summed E-state index contributed by atoms with van der Waals surface area (Å²) >= 11 is 0. The van der Waals surface area contributed by atoms with Gasteiger partial charge in [-0.2, -0.15) is 0 Å². The fourth-order valence-electron chi connectivity index (χ4n) is 3.25. The van der Waals surface area contributed by atoms with Crippen LogP contribution in [-0.4, -0.2) is 29.0 Å². The molecule has 126 valence electrons. The average Bonchev–Trinajstić information content (AvgIpc) is 2.63. The average molecular weight is 326 g/mol. The third kappa shape index (κ3) is 3.50. The zero-order valence-corrected chi connectivity index (χ0v) is 13.9. The number of pyridine rings is 1. The molecule has 0 unspecified atom stereocenters. The molecule has 3 rings (SSSR count). The predicted molar refractivity (Wildman–Crippen MR) is 92.0 cm³/mol. The van der Waals surface area contributed by atoms with Gasteiger partial charge >= 0.3 is 0 Å². The molecule has 1 aliphatic rings. The molecule has 1 saturated heterocycles. The monoisotopic (exact) mass is 326 g/mol. The molecular weight excluding hydrogens is 304 g/mol. The normalized spacial score (nSPS) is 17.5. The largest absolute Gasteiger partial charge is 0.497 e. The van der Waals surface area contributed by atoms with Crippen molar-refractivity contribution in [1.82, 2.24) is 9.47 Å². The van der Waals surface area contributed by atoms with Crippen LogP contribution in [0.15, 0.2) is 53.5 Å². The highest BCUT2D eigenvalue weighted by atomic mass is 16.5. The van der Waals surface area contributed by atoms with E-state index in [1.54, 1.807) is 25.4 Å². The van der Waals surface area contributed by atoms with Gasteiger partial charge in [-0.05, 0) is 43.0 Å². The van der Waals surface area contributed by atoms with Gasteiger partial charge in [0.15, 0.2) is 0 Å². The van der Waals surface area contributed by atoms with E-state index >= 15 is 0 Å². The van der Waals surface area contributed by atoms with Gasteiger partial charge in [-0.3, -0.25) is 9.59 Å². The van der Waals surface area contributed by atoms with Gasteiger partial charge in [-0.15, -0.1) is 0 Å². The van der Waals surface area contributed by atoms with Gasteiger partial charge in [-0.25, -0.2) is 0 Å². The van der Waals surface area contributed by atoms with E-state index in [0.717, 1.165) is 37.1 Å². The maximum Gasteiger partial charge on any atom is 0.250 e. The van der Waals surface area contributed by atoms with Gasteiger partial charge in [0.25, 0.3) is 5.56 Å². The topological polar surface area (TPSA) is 51.5 Å². The Bertz CT molecular complexity index is 769. The number of nitrogens with zero attached hydrogens (tertiary/aromatic N) is 2. The number of methoxy groups -OCH3 is 1. The van der Waals surface area contributed by atoms with Gasteiger partial charge in [0.2, 0.25) is 5.91 Å². The summed E-state index contributed by atoms with van der Waals surface area (Å²) in [5.41, 5.74) is 0.934. The van der Waals surface area contributed by atoms with Gasteiger partial charge in [0.05, 0.1) is 13.2 Å². The maximum atomic E-state index is 12.8. The van der Waals surface area contributed by atoms with Crippen LogP contribution in [0.2, 0.25) is 0 Å². The van der Waals surface area contributed by atoms with E-state index in [0.29, 0.717) is 0 Å². The Balaban J connectivity index is 1.82. The van der Waals surface area contributed by atoms with Crippen LogP contribution in [0.25, 0.3) is 0 Å². The standard InChI is InChI=1S/C19H22N2O3/c1-24-16-8-6-7-15(13-16)17-9-2-5-12-21(17)19(23)14-20-11-4-3-10-18(20)22/h3-4,6-8,10-11,13,17H,2,5,9,12,14H2,1H3/t17-/m1/s1. The van der Waals surface area contributed by atoms with Crippen LogP contribution in [0.5, 0.6) is 5.75 Å². The molecule has 2 aromatic rings. The van der Waals surface area contributed by atoms with E-state index < -0.39 is 0 Å². The zero-order chi connectivity index (χ0) is 16.9. The summed E-state index contributed by atoms with van der Waals surface area (Å²) < 4.78 is 6.76. The second kappa shape index (κ2) is 7.34. The molecule has 1 amide bonds. The van der Waals surface area contributed by atoms with Crippen LogP contribution >= 0.6 is 0 Å². The van der Waals surface area contributed by atoms with Crippen LogP contribution in [0.3, 0.4) is 0 Å². The molecule has 0 saturated carbocycles. The number of aromatic nitrogens is 1. The van der Waals surface area contributed by atoms with Crippen molar-refractivity contribution in [1.29, 1.82) is 0 Å². The smallest absolute Gasteiger partial charge is 0.250 e. The maximum absolute atomic E-state index is 12.8. The lowest BCUT2D eigenvalue weighted by atomic mass is 9.95. The van der Waals surface area contributed by atoms with Crippen LogP contribution in [0.1, 0.15) is 30.9 Å². The first-order valence-corrected chi connectivity index (χ1v) is 8.28. The molecular formula is C19H22N2O3. The van der Waals surface area contributed by atoms with Gasteiger partial charge in [-0.1, -0.05) is 18.2 Å². The van der Waals surface area contributed by atoms with Gasteiger partial charge < -0.3 is 14.2 Å². The minimum absolute atomic E-state index is 0.0178. The molecule has 5 heteroatoms. The summed E-state index contributed by atoms with van der Waals surface area (Å²) in [6.07, 6.45) is 4.68. The second-order valence-corrected chi connectivity index (χ2v) is 6.04. The molecule has 0 N–H and O–H groups in total. The van der Waals surface area contributed by atoms with Crippen molar-refractivity contribution in [2.75, 3.05) is 13.7 Å². The van der Waals surface area contributed by atoms with Crippen molar-refractivity contribution in [3.63, 3.8) is 0 Å². The summed E-state index contributed by atoms with van der Waals surface area (Å²) in [6.45, 7) is 0.808. The lowest BCUT2D eigenvalue weighted by Gasteiger charge is -2.36. The Morgan fingerprint density at radius 3 is 2.88 bits per heavy atom. The Labute approximate surface area is 141 Å². The Morgan fingerprint density at radius 2 is 2.08 bits per heavy atom. The van der Waals surface area contributed by atoms with Gasteiger partial charge in [0.1, 0.15) is 12.3 Å². The van der Waals surface area contributed by atoms with Crippen molar-refractivity contribution in [3.8, 4) is 5.75 Å². The third-order valence-corrected chi connectivity index (χ3v) is 4.51. The molecule has 1 fully saturated rings. The molecule has 1 aromatic carbocycles. The fraction of sp³-hybridized carbons (Fsp3) is 0.368. The number of carbonyl (C=O) groups is 1. The number of piperidine rings is 1.